The third-order valence-corrected chi connectivity index (χ3v) is 9.05. The molecule has 0 saturated heterocycles. The van der Waals surface area contributed by atoms with Gasteiger partial charge in [0.2, 0.25) is 5.91 Å². The monoisotopic (exact) mass is 348 g/mol. The predicted octanol–water partition coefficient (Wildman–Crippen LogP) is 5.17. The van der Waals surface area contributed by atoms with Gasteiger partial charge in [-0.05, 0) is 25.7 Å². The SMILES string of the molecule is C=CCC(=O)N(CCC)P(=O)(SCCC)N(CCC)CCC. The molecule has 6 heteroatoms. The first-order valence-corrected chi connectivity index (χ1v) is 11.6. The normalized spacial score (nSPS) is 13.9. The van der Waals surface area contributed by atoms with Gasteiger partial charge in [-0.15, -0.1) is 6.58 Å². The van der Waals surface area contributed by atoms with E-state index >= 15 is 0 Å². The standard InChI is InChI=1S/C16H33N2O2PS/c1-6-11-16(19)18(14-9-4)21(20,22-15-10-5)17(12-7-2)13-8-3/h6H,1,7-15H2,2-5H3. The number of carbonyl (C=O) groups excluding carboxylic acids is 1. The van der Waals surface area contributed by atoms with Crippen molar-refractivity contribution in [3.05, 3.63) is 12.7 Å². The Bertz CT molecular complexity index is 371. The molecular formula is C16H33N2O2PS. The molecule has 1 amide bonds. The average molecular weight is 348 g/mol. The van der Waals surface area contributed by atoms with E-state index < -0.39 is 6.65 Å². The van der Waals surface area contributed by atoms with E-state index in [-0.39, 0.29) is 12.3 Å². The molecule has 0 heterocycles. The van der Waals surface area contributed by atoms with Gasteiger partial charge < -0.3 is 0 Å². The Morgan fingerprint density at radius 3 is 2.00 bits per heavy atom. The Morgan fingerprint density at radius 2 is 1.59 bits per heavy atom. The first kappa shape index (κ1) is 21.8. The van der Waals surface area contributed by atoms with Crippen LogP contribution < -0.4 is 0 Å². The van der Waals surface area contributed by atoms with E-state index in [1.807, 2.05) is 11.6 Å². The lowest BCUT2D eigenvalue weighted by Gasteiger charge is -2.38. The molecule has 0 N–H and O–H groups in total. The summed E-state index contributed by atoms with van der Waals surface area (Å²) in [4.78, 5) is 12.5. The number of carbonyl (C=O) groups is 1. The van der Waals surface area contributed by atoms with Crippen molar-refractivity contribution >= 4 is 23.9 Å². The van der Waals surface area contributed by atoms with E-state index in [2.05, 4.69) is 27.4 Å². The molecule has 0 saturated carbocycles. The van der Waals surface area contributed by atoms with Crippen LogP contribution in [0.4, 0.5) is 0 Å². The van der Waals surface area contributed by atoms with Gasteiger partial charge in [0.1, 0.15) is 0 Å². The second-order valence-corrected chi connectivity index (χ2v) is 10.2. The number of hydrogen-bond acceptors (Lipinski definition) is 3. The lowest BCUT2D eigenvalue weighted by atomic mass is 10.4. The summed E-state index contributed by atoms with van der Waals surface area (Å²) < 4.78 is 17.5. The van der Waals surface area contributed by atoms with E-state index in [0.717, 1.165) is 44.5 Å². The highest BCUT2D eigenvalue weighted by atomic mass is 32.7. The molecule has 130 valence electrons. The largest absolute Gasteiger partial charge is 0.297 e. The van der Waals surface area contributed by atoms with E-state index in [9.17, 15) is 9.36 Å². The molecule has 0 fully saturated rings. The molecule has 0 aromatic heterocycles. The summed E-state index contributed by atoms with van der Waals surface area (Å²) in [5.74, 6) is 0.740. The first-order valence-electron chi connectivity index (χ1n) is 8.43. The molecular weight excluding hydrogens is 315 g/mol. The zero-order valence-corrected chi connectivity index (χ0v) is 16.4. The van der Waals surface area contributed by atoms with Gasteiger partial charge in [-0.25, -0.2) is 4.67 Å². The molecule has 1 unspecified atom stereocenters. The summed E-state index contributed by atoms with van der Waals surface area (Å²) in [5.41, 5.74) is 0. The summed E-state index contributed by atoms with van der Waals surface area (Å²) in [7, 11) is 0. The predicted molar refractivity (Wildman–Crippen MR) is 99.3 cm³/mol. The van der Waals surface area contributed by atoms with Crippen LogP contribution in [0.15, 0.2) is 12.7 Å². The fourth-order valence-electron chi connectivity index (χ4n) is 2.23. The lowest BCUT2D eigenvalue weighted by molar-refractivity contribution is -0.125. The summed E-state index contributed by atoms with van der Waals surface area (Å²) in [6, 6.07) is 0. The van der Waals surface area contributed by atoms with Crippen LogP contribution in [-0.4, -0.2) is 40.6 Å². The molecule has 0 rings (SSSR count). The highest BCUT2D eigenvalue weighted by molar-refractivity contribution is 8.56. The number of hydrogen-bond donors (Lipinski definition) is 0. The lowest BCUT2D eigenvalue weighted by Crippen LogP contribution is -2.36. The fraction of sp³-hybridized carbons (Fsp3) is 0.812. The van der Waals surface area contributed by atoms with Gasteiger partial charge in [-0.2, -0.15) is 0 Å². The summed E-state index contributed by atoms with van der Waals surface area (Å²) in [6.07, 6.45) is 5.49. The van der Waals surface area contributed by atoms with Gasteiger partial charge in [-0.3, -0.25) is 14.0 Å². The maximum Gasteiger partial charge on any atom is 0.297 e. The minimum atomic E-state index is -2.91. The van der Waals surface area contributed by atoms with Gasteiger partial charge in [0.25, 0.3) is 6.65 Å². The molecule has 0 aliphatic heterocycles. The van der Waals surface area contributed by atoms with Gasteiger partial charge >= 0.3 is 0 Å². The van der Waals surface area contributed by atoms with Crippen LogP contribution in [0, 0.1) is 0 Å². The van der Waals surface area contributed by atoms with Gasteiger partial charge in [0.15, 0.2) is 0 Å². The van der Waals surface area contributed by atoms with Crippen LogP contribution in [-0.2, 0) is 9.36 Å². The Morgan fingerprint density at radius 1 is 1.05 bits per heavy atom. The quantitative estimate of drug-likeness (QED) is 0.340. The summed E-state index contributed by atoms with van der Waals surface area (Å²) in [6.45, 7) is 11.1. The highest BCUT2D eigenvalue weighted by Crippen LogP contribution is 2.64. The maximum atomic E-state index is 13.8. The van der Waals surface area contributed by atoms with Crippen LogP contribution >= 0.6 is 18.0 Å². The van der Waals surface area contributed by atoms with Crippen molar-refractivity contribution in [3.8, 4) is 0 Å². The molecule has 0 aliphatic rings. The average Bonchev–Trinajstić information content (AvgIpc) is 2.50. The summed E-state index contributed by atoms with van der Waals surface area (Å²) in [5, 5.41) is 0. The van der Waals surface area contributed by atoms with E-state index in [1.54, 1.807) is 10.7 Å². The Balaban J connectivity index is 5.59. The van der Waals surface area contributed by atoms with Crippen LogP contribution in [0.1, 0.15) is 59.8 Å². The van der Waals surface area contributed by atoms with Crippen molar-refractivity contribution in [3.63, 3.8) is 0 Å². The molecule has 0 aromatic rings. The second-order valence-electron chi connectivity index (χ2n) is 5.29. The van der Waals surface area contributed by atoms with Crippen molar-refractivity contribution in [2.45, 2.75) is 59.8 Å². The zero-order valence-electron chi connectivity index (χ0n) is 14.7. The second kappa shape index (κ2) is 12.2. The van der Waals surface area contributed by atoms with Gasteiger partial charge in [0.05, 0.1) is 0 Å². The van der Waals surface area contributed by atoms with E-state index in [0.29, 0.717) is 6.54 Å². The third kappa shape index (κ3) is 6.47. The van der Waals surface area contributed by atoms with Crippen LogP contribution in [0.2, 0.25) is 0 Å². The zero-order chi connectivity index (χ0) is 17.0. The third-order valence-electron chi connectivity index (χ3n) is 3.13. The Hall–Kier alpha value is -0.250. The molecule has 0 aliphatic carbocycles. The maximum absolute atomic E-state index is 13.8. The molecule has 22 heavy (non-hydrogen) atoms. The topological polar surface area (TPSA) is 40.6 Å². The molecule has 0 aromatic carbocycles. The van der Waals surface area contributed by atoms with Crippen LogP contribution in [0.3, 0.4) is 0 Å². The Labute approximate surface area is 140 Å². The van der Waals surface area contributed by atoms with Crippen molar-refractivity contribution in [2.24, 2.45) is 0 Å². The van der Waals surface area contributed by atoms with Gasteiger partial charge in [0, 0.05) is 31.8 Å². The van der Waals surface area contributed by atoms with Crippen molar-refractivity contribution in [1.29, 1.82) is 0 Å². The van der Waals surface area contributed by atoms with E-state index in [4.69, 9.17) is 0 Å². The van der Waals surface area contributed by atoms with Crippen LogP contribution in [0.25, 0.3) is 0 Å². The smallest absolute Gasteiger partial charge is 0.274 e. The number of amides is 1. The molecule has 0 spiro atoms. The van der Waals surface area contributed by atoms with Crippen molar-refractivity contribution in [1.82, 2.24) is 9.34 Å². The number of rotatable bonds is 13. The van der Waals surface area contributed by atoms with Crippen molar-refractivity contribution in [2.75, 3.05) is 25.4 Å². The fourth-order valence-corrected chi connectivity index (χ4v) is 8.16. The molecule has 4 nitrogen and oxygen atoms in total. The first-order chi connectivity index (χ1) is 10.5. The molecule has 1 atom stereocenters. The minimum Gasteiger partial charge on any atom is -0.274 e. The Kier molecular flexibility index (Phi) is 12.1. The number of nitrogens with zero attached hydrogens (tertiary/aromatic N) is 2. The summed E-state index contributed by atoms with van der Waals surface area (Å²) >= 11 is 1.47. The van der Waals surface area contributed by atoms with Gasteiger partial charge in [-0.1, -0.05) is 45.2 Å². The molecule has 0 radical (unpaired) electrons. The highest BCUT2D eigenvalue weighted by Gasteiger charge is 2.39. The van der Waals surface area contributed by atoms with Crippen LogP contribution in [0.5, 0.6) is 0 Å². The van der Waals surface area contributed by atoms with E-state index in [1.165, 1.54) is 11.4 Å². The minimum absolute atomic E-state index is 0.0685. The molecule has 0 bridgehead atoms. The van der Waals surface area contributed by atoms with Crippen molar-refractivity contribution < 1.29 is 9.36 Å².